The van der Waals surface area contributed by atoms with Crippen molar-refractivity contribution in [2.75, 3.05) is 5.32 Å². The van der Waals surface area contributed by atoms with E-state index in [4.69, 9.17) is 4.42 Å². The predicted molar refractivity (Wildman–Crippen MR) is 94.3 cm³/mol. The van der Waals surface area contributed by atoms with Crippen molar-refractivity contribution in [2.24, 2.45) is 0 Å². The Morgan fingerprint density at radius 2 is 2.09 bits per heavy atom. The molecule has 0 aliphatic carbocycles. The number of nitrogens with one attached hydrogen (secondary N) is 1. The van der Waals surface area contributed by atoms with Gasteiger partial charge in [0, 0.05) is 10.8 Å². The Morgan fingerprint density at radius 1 is 1.22 bits per heavy atom. The summed E-state index contributed by atoms with van der Waals surface area (Å²) < 4.78 is 5.80. The first-order chi connectivity index (χ1) is 11.2. The van der Waals surface area contributed by atoms with E-state index in [9.17, 15) is 4.79 Å². The fraction of sp³-hybridized carbons (Fsp3) is 0.0588. The second-order valence-corrected chi connectivity index (χ2v) is 6.85. The number of aryl methyl sites for hydroxylation is 1. The zero-order valence-electron chi connectivity index (χ0n) is 12.2. The van der Waals surface area contributed by atoms with E-state index in [1.807, 2.05) is 54.1 Å². The average molecular weight is 340 g/mol. The number of fused-ring (bicyclic) bond motifs is 1. The van der Waals surface area contributed by atoms with Gasteiger partial charge in [-0.25, -0.2) is 4.98 Å². The molecule has 0 fully saturated rings. The van der Waals surface area contributed by atoms with E-state index in [0.717, 1.165) is 22.2 Å². The van der Waals surface area contributed by atoms with Gasteiger partial charge in [-0.1, -0.05) is 18.2 Å². The van der Waals surface area contributed by atoms with Gasteiger partial charge in [-0.05, 0) is 36.1 Å². The van der Waals surface area contributed by atoms with Crippen molar-refractivity contribution in [3.63, 3.8) is 0 Å². The Kier molecular flexibility index (Phi) is 3.48. The molecule has 3 heterocycles. The van der Waals surface area contributed by atoms with Crippen LogP contribution in [0, 0.1) is 6.92 Å². The van der Waals surface area contributed by atoms with Crippen molar-refractivity contribution in [1.29, 1.82) is 0 Å². The summed E-state index contributed by atoms with van der Waals surface area (Å²) in [4.78, 5) is 17.4. The largest absolute Gasteiger partial charge is 0.454 e. The number of aromatic nitrogens is 1. The number of thiazole rings is 1. The molecule has 0 spiro atoms. The van der Waals surface area contributed by atoms with Gasteiger partial charge < -0.3 is 4.42 Å². The summed E-state index contributed by atoms with van der Waals surface area (Å²) in [5, 5.41) is 8.24. The Hall–Kier alpha value is -2.44. The number of carbonyl (C=O) groups is 1. The lowest BCUT2D eigenvalue weighted by molar-refractivity contribution is 0.103. The van der Waals surface area contributed by atoms with Crippen LogP contribution in [0.4, 0.5) is 5.13 Å². The zero-order valence-corrected chi connectivity index (χ0v) is 13.8. The van der Waals surface area contributed by atoms with Crippen LogP contribution in [0.2, 0.25) is 0 Å². The highest BCUT2D eigenvalue weighted by Crippen LogP contribution is 2.30. The topological polar surface area (TPSA) is 55.1 Å². The van der Waals surface area contributed by atoms with Crippen molar-refractivity contribution in [2.45, 2.75) is 6.92 Å². The molecule has 0 aliphatic heterocycles. The highest BCUT2D eigenvalue weighted by molar-refractivity contribution is 7.14. The van der Waals surface area contributed by atoms with Crippen LogP contribution < -0.4 is 5.32 Å². The lowest BCUT2D eigenvalue weighted by Gasteiger charge is -1.99. The Morgan fingerprint density at radius 3 is 2.87 bits per heavy atom. The first-order valence-corrected chi connectivity index (χ1v) is 8.76. The van der Waals surface area contributed by atoms with E-state index < -0.39 is 0 Å². The van der Waals surface area contributed by atoms with Crippen molar-refractivity contribution < 1.29 is 9.21 Å². The summed E-state index contributed by atoms with van der Waals surface area (Å²) in [5.41, 5.74) is 2.53. The molecule has 0 unspecified atom stereocenters. The van der Waals surface area contributed by atoms with Gasteiger partial charge >= 0.3 is 0 Å². The maximum atomic E-state index is 12.2. The second-order valence-electron chi connectivity index (χ2n) is 5.07. The third-order valence-corrected chi connectivity index (χ3v) is 5.24. The summed E-state index contributed by atoms with van der Waals surface area (Å²) in [6.07, 6.45) is 0. The normalized spacial score (nSPS) is 11.0. The number of furan rings is 1. The quantitative estimate of drug-likeness (QED) is 0.559. The molecular formula is C17H12N2O2S2. The standard InChI is InChI=1S/C17H12N2O2S2/c1-10-6-7-22-15(10)16(20)19-17-18-12(9-23-17)14-8-11-4-2-3-5-13(11)21-14/h2-9H,1H3,(H,18,19,20). The van der Waals surface area contributed by atoms with Gasteiger partial charge in [0.05, 0.1) is 4.88 Å². The Bertz CT molecular complexity index is 964. The predicted octanol–water partition coefficient (Wildman–Crippen LogP) is 5.18. The summed E-state index contributed by atoms with van der Waals surface area (Å²) >= 11 is 2.82. The molecule has 0 aliphatic rings. The van der Waals surface area contributed by atoms with E-state index in [1.54, 1.807) is 0 Å². The number of hydrogen-bond donors (Lipinski definition) is 1. The molecule has 0 radical (unpaired) electrons. The van der Waals surface area contributed by atoms with Gasteiger partial charge in [0.2, 0.25) is 0 Å². The van der Waals surface area contributed by atoms with Gasteiger partial charge in [-0.15, -0.1) is 22.7 Å². The molecule has 0 saturated heterocycles. The van der Waals surface area contributed by atoms with E-state index in [2.05, 4.69) is 10.3 Å². The maximum Gasteiger partial charge on any atom is 0.267 e. The van der Waals surface area contributed by atoms with Gasteiger partial charge in [-0.3, -0.25) is 10.1 Å². The monoisotopic (exact) mass is 340 g/mol. The lowest BCUT2D eigenvalue weighted by atomic mass is 10.2. The fourth-order valence-electron chi connectivity index (χ4n) is 2.31. The van der Waals surface area contributed by atoms with E-state index in [-0.39, 0.29) is 5.91 Å². The summed E-state index contributed by atoms with van der Waals surface area (Å²) in [6, 6.07) is 11.7. The molecule has 4 nitrogen and oxygen atoms in total. The molecule has 1 amide bonds. The van der Waals surface area contributed by atoms with Crippen LogP contribution in [-0.2, 0) is 0 Å². The third kappa shape index (κ3) is 2.67. The smallest absolute Gasteiger partial charge is 0.267 e. The first-order valence-electron chi connectivity index (χ1n) is 7.00. The third-order valence-electron chi connectivity index (χ3n) is 3.47. The molecule has 6 heteroatoms. The lowest BCUT2D eigenvalue weighted by Crippen LogP contribution is -2.10. The number of hydrogen-bond acceptors (Lipinski definition) is 5. The van der Waals surface area contributed by atoms with Gasteiger partial charge in [0.25, 0.3) is 5.91 Å². The average Bonchev–Trinajstić information content (AvgIpc) is 3.25. The Labute approximate surface area is 140 Å². The molecule has 3 aromatic heterocycles. The minimum absolute atomic E-state index is 0.122. The molecule has 1 N–H and O–H groups in total. The van der Waals surface area contributed by atoms with E-state index >= 15 is 0 Å². The van der Waals surface area contributed by atoms with Gasteiger partial charge in [0.1, 0.15) is 11.3 Å². The summed E-state index contributed by atoms with van der Waals surface area (Å²) in [6.45, 7) is 1.92. The Balaban J connectivity index is 1.59. The number of thiophene rings is 1. The number of benzene rings is 1. The molecule has 1 aromatic carbocycles. The SMILES string of the molecule is Cc1ccsc1C(=O)Nc1nc(-c2cc3ccccc3o2)cs1. The zero-order chi connectivity index (χ0) is 15.8. The van der Waals surface area contributed by atoms with Crippen LogP contribution in [0.25, 0.3) is 22.4 Å². The number of nitrogens with zero attached hydrogens (tertiary/aromatic N) is 1. The van der Waals surface area contributed by atoms with Crippen molar-refractivity contribution in [3.8, 4) is 11.5 Å². The molecule has 0 bridgehead atoms. The molecule has 23 heavy (non-hydrogen) atoms. The van der Waals surface area contributed by atoms with Crippen molar-refractivity contribution in [3.05, 3.63) is 57.6 Å². The highest BCUT2D eigenvalue weighted by Gasteiger charge is 2.14. The number of rotatable bonds is 3. The highest BCUT2D eigenvalue weighted by atomic mass is 32.1. The molecule has 0 atom stereocenters. The van der Waals surface area contributed by atoms with Crippen LogP contribution in [0.3, 0.4) is 0 Å². The summed E-state index contributed by atoms with van der Waals surface area (Å²) in [7, 11) is 0. The minimum atomic E-state index is -0.122. The molecule has 4 aromatic rings. The van der Waals surface area contributed by atoms with Crippen molar-refractivity contribution >= 4 is 44.7 Å². The van der Waals surface area contributed by atoms with E-state index in [0.29, 0.717) is 15.8 Å². The van der Waals surface area contributed by atoms with Crippen LogP contribution in [0.15, 0.2) is 51.6 Å². The minimum Gasteiger partial charge on any atom is -0.454 e. The fourth-order valence-corrected chi connectivity index (χ4v) is 3.83. The van der Waals surface area contributed by atoms with Crippen LogP contribution in [-0.4, -0.2) is 10.9 Å². The first kappa shape index (κ1) is 14.2. The number of carbonyl (C=O) groups excluding carboxylic acids is 1. The van der Waals surface area contributed by atoms with Gasteiger partial charge in [-0.2, -0.15) is 0 Å². The number of amides is 1. The van der Waals surface area contributed by atoms with Crippen LogP contribution >= 0.6 is 22.7 Å². The molecule has 4 rings (SSSR count). The molecular weight excluding hydrogens is 328 g/mol. The second kappa shape index (κ2) is 5.64. The molecule has 114 valence electrons. The van der Waals surface area contributed by atoms with E-state index in [1.165, 1.54) is 22.7 Å². The summed E-state index contributed by atoms with van der Waals surface area (Å²) in [5.74, 6) is 0.582. The molecule has 0 saturated carbocycles. The number of para-hydroxylation sites is 1. The van der Waals surface area contributed by atoms with Crippen LogP contribution in [0.5, 0.6) is 0 Å². The number of anilines is 1. The van der Waals surface area contributed by atoms with Crippen LogP contribution in [0.1, 0.15) is 15.2 Å². The van der Waals surface area contributed by atoms with Gasteiger partial charge in [0.15, 0.2) is 10.9 Å². The maximum absolute atomic E-state index is 12.2. The van der Waals surface area contributed by atoms with Crippen molar-refractivity contribution in [1.82, 2.24) is 4.98 Å².